The number of aromatic nitrogens is 1. The van der Waals surface area contributed by atoms with E-state index in [4.69, 9.17) is 0 Å². The maximum Gasteiger partial charge on any atom is 0.0541 e. The van der Waals surface area contributed by atoms with Gasteiger partial charge in [-0.25, -0.2) is 0 Å². The van der Waals surface area contributed by atoms with E-state index >= 15 is 0 Å². The molecule has 0 bridgehead atoms. The summed E-state index contributed by atoms with van der Waals surface area (Å²) >= 11 is 0. The summed E-state index contributed by atoms with van der Waals surface area (Å²) in [6.07, 6.45) is 8.05. The normalized spacial score (nSPS) is 18.4. The van der Waals surface area contributed by atoms with Crippen LogP contribution in [0.25, 0.3) is 27.5 Å². The number of fused-ring (bicyclic) bond motifs is 3. The number of benzene rings is 2. The topological polar surface area (TPSA) is 4.93 Å². The molecule has 0 amide bonds. The molecule has 0 saturated heterocycles. The summed E-state index contributed by atoms with van der Waals surface area (Å²) < 4.78 is 2.40. The Morgan fingerprint density at radius 1 is 1.00 bits per heavy atom. The number of para-hydroxylation sites is 1. The average molecular weight is 273 g/mol. The molecule has 0 N–H and O–H groups in total. The van der Waals surface area contributed by atoms with Gasteiger partial charge in [0, 0.05) is 16.5 Å². The van der Waals surface area contributed by atoms with Crippen molar-refractivity contribution in [3.63, 3.8) is 0 Å². The molecule has 1 nitrogen and oxygen atoms in total. The van der Waals surface area contributed by atoms with E-state index < -0.39 is 0 Å². The fraction of sp³-hybridized carbons (Fsp3) is 0.200. The molecular formula is C20H19N. The highest BCUT2D eigenvalue weighted by Gasteiger charge is 2.13. The minimum Gasteiger partial charge on any atom is -0.310 e. The molecule has 1 unspecified atom stereocenters. The lowest BCUT2D eigenvalue weighted by molar-refractivity contribution is 0.735. The summed E-state index contributed by atoms with van der Waals surface area (Å²) in [5.74, 6) is 0.643. The van der Waals surface area contributed by atoms with Crippen molar-refractivity contribution >= 4 is 27.5 Å². The Bertz CT molecular complexity index is 893. The molecule has 3 aromatic rings. The van der Waals surface area contributed by atoms with Crippen LogP contribution in [0.3, 0.4) is 0 Å². The molecule has 0 fully saturated rings. The summed E-state index contributed by atoms with van der Waals surface area (Å²) in [5, 5.41) is 2.68. The van der Waals surface area contributed by atoms with Gasteiger partial charge in [-0.15, -0.1) is 0 Å². The van der Waals surface area contributed by atoms with Crippen LogP contribution in [0.2, 0.25) is 0 Å². The third kappa shape index (κ3) is 1.92. The van der Waals surface area contributed by atoms with Gasteiger partial charge < -0.3 is 4.57 Å². The van der Waals surface area contributed by atoms with E-state index in [9.17, 15) is 0 Å². The summed E-state index contributed by atoms with van der Waals surface area (Å²) in [4.78, 5) is 0. The van der Waals surface area contributed by atoms with Crippen LogP contribution < -0.4 is 0 Å². The summed E-state index contributed by atoms with van der Waals surface area (Å²) in [6, 6.07) is 15.4. The molecule has 4 rings (SSSR count). The van der Waals surface area contributed by atoms with Gasteiger partial charge in [0.05, 0.1) is 11.0 Å². The van der Waals surface area contributed by atoms with Gasteiger partial charge in [0.2, 0.25) is 0 Å². The molecule has 0 saturated carbocycles. The van der Waals surface area contributed by atoms with Crippen LogP contribution >= 0.6 is 0 Å². The lowest BCUT2D eigenvalue weighted by Gasteiger charge is -2.15. The van der Waals surface area contributed by atoms with Crippen LogP contribution in [-0.2, 0) is 0 Å². The maximum absolute atomic E-state index is 2.40. The SMILES string of the molecule is Cc1ccc2c(c1)c1ccccc1n2C1=CCC(C)C=C1. The quantitative estimate of drug-likeness (QED) is 0.548. The molecular weight excluding hydrogens is 254 g/mol. The third-order valence-corrected chi connectivity index (χ3v) is 4.38. The maximum atomic E-state index is 2.40. The van der Waals surface area contributed by atoms with Crippen LogP contribution in [0.1, 0.15) is 18.9 Å². The zero-order valence-corrected chi connectivity index (χ0v) is 12.5. The Morgan fingerprint density at radius 2 is 1.81 bits per heavy atom. The van der Waals surface area contributed by atoms with Gasteiger partial charge in [0.25, 0.3) is 0 Å². The Balaban J connectivity index is 2.09. The minimum absolute atomic E-state index is 0.643. The van der Waals surface area contributed by atoms with Crippen LogP contribution in [-0.4, -0.2) is 4.57 Å². The first-order chi connectivity index (χ1) is 10.2. The number of hydrogen-bond acceptors (Lipinski definition) is 0. The highest BCUT2D eigenvalue weighted by atomic mass is 15.0. The fourth-order valence-electron chi connectivity index (χ4n) is 3.25. The van der Waals surface area contributed by atoms with E-state index in [2.05, 4.69) is 79.1 Å². The van der Waals surface area contributed by atoms with E-state index in [0.29, 0.717) is 5.92 Å². The smallest absolute Gasteiger partial charge is 0.0541 e. The van der Waals surface area contributed by atoms with Gasteiger partial charge >= 0.3 is 0 Å². The molecule has 2 aromatic carbocycles. The summed E-state index contributed by atoms with van der Waals surface area (Å²) in [6.45, 7) is 4.42. The number of hydrogen-bond donors (Lipinski definition) is 0. The first-order valence-corrected chi connectivity index (χ1v) is 7.62. The Labute approximate surface area is 125 Å². The zero-order chi connectivity index (χ0) is 14.4. The van der Waals surface area contributed by atoms with Gasteiger partial charge in [-0.2, -0.15) is 0 Å². The second-order valence-corrected chi connectivity index (χ2v) is 6.07. The van der Waals surface area contributed by atoms with Crippen LogP contribution in [0.4, 0.5) is 0 Å². The molecule has 104 valence electrons. The van der Waals surface area contributed by atoms with Gasteiger partial charge in [0.15, 0.2) is 0 Å². The van der Waals surface area contributed by atoms with Gasteiger partial charge in [-0.3, -0.25) is 0 Å². The molecule has 0 radical (unpaired) electrons. The van der Waals surface area contributed by atoms with Crippen molar-refractivity contribution in [2.45, 2.75) is 20.3 Å². The fourth-order valence-corrected chi connectivity index (χ4v) is 3.25. The van der Waals surface area contributed by atoms with E-state index in [0.717, 1.165) is 6.42 Å². The highest BCUT2D eigenvalue weighted by Crippen LogP contribution is 2.33. The molecule has 21 heavy (non-hydrogen) atoms. The Kier molecular flexibility index (Phi) is 2.75. The number of aryl methyl sites for hydroxylation is 1. The molecule has 0 aliphatic heterocycles. The number of nitrogens with zero attached hydrogens (tertiary/aromatic N) is 1. The van der Waals surface area contributed by atoms with Crippen molar-refractivity contribution in [2.24, 2.45) is 5.92 Å². The summed E-state index contributed by atoms with van der Waals surface area (Å²) in [5.41, 5.74) is 5.20. The molecule has 1 atom stereocenters. The van der Waals surface area contributed by atoms with Crippen LogP contribution in [0.5, 0.6) is 0 Å². The van der Waals surface area contributed by atoms with E-state index in [-0.39, 0.29) is 0 Å². The lowest BCUT2D eigenvalue weighted by Crippen LogP contribution is -2.00. The van der Waals surface area contributed by atoms with Crippen LogP contribution in [0.15, 0.2) is 60.7 Å². The molecule has 1 aromatic heterocycles. The highest BCUT2D eigenvalue weighted by molar-refractivity contribution is 6.10. The van der Waals surface area contributed by atoms with E-state index in [1.165, 1.54) is 33.1 Å². The van der Waals surface area contributed by atoms with Gasteiger partial charge in [0.1, 0.15) is 0 Å². The van der Waals surface area contributed by atoms with Gasteiger partial charge in [-0.05, 0) is 43.5 Å². The van der Waals surface area contributed by atoms with E-state index in [1.54, 1.807) is 0 Å². The lowest BCUT2D eigenvalue weighted by atomic mass is 10.0. The van der Waals surface area contributed by atoms with Crippen molar-refractivity contribution < 1.29 is 0 Å². The second-order valence-electron chi connectivity index (χ2n) is 6.07. The van der Waals surface area contributed by atoms with Gasteiger partial charge in [-0.1, -0.05) is 48.9 Å². The van der Waals surface area contributed by atoms with E-state index in [1.807, 2.05) is 0 Å². The molecule has 1 heterocycles. The van der Waals surface area contributed by atoms with Crippen molar-refractivity contribution in [1.29, 1.82) is 0 Å². The van der Waals surface area contributed by atoms with Crippen molar-refractivity contribution in [3.05, 3.63) is 66.3 Å². The first kappa shape index (κ1) is 12.5. The number of allylic oxidation sites excluding steroid dienone is 4. The largest absolute Gasteiger partial charge is 0.310 e. The van der Waals surface area contributed by atoms with Crippen molar-refractivity contribution in [1.82, 2.24) is 4.57 Å². The number of rotatable bonds is 1. The Morgan fingerprint density at radius 3 is 2.62 bits per heavy atom. The summed E-state index contributed by atoms with van der Waals surface area (Å²) in [7, 11) is 0. The average Bonchev–Trinajstić information content (AvgIpc) is 2.82. The molecule has 1 heteroatoms. The third-order valence-electron chi connectivity index (χ3n) is 4.38. The second kappa shape index (κ2) is 4.63. The minimum atomic E-state index is 0.643. The first-order valence-electron chi connectivity index (χ1n) is 7.62. The van der Waals surface area contributed by atoms with Crippen LogP contribution in [0, 0.1) is 12.8 Å². The monoisotopic (exact) mass is 273 g/mol. The predicted molar refractivity (Wildman–Crippen MR) is 91.4 cm³/mol. The Hall–Kier alpha value is -2.28. The standard InChI is InChI=1S/C20H19N/c1-14-7-10-16(11-8-14)21-19-6-4-3-5-17(19)18-13-15(2)9-12-20(18)21/h3-7,9-14H,8H2,1-2H3. The predicted octanol–water partition coefficient (Wildman–Crippen LogP) is 5.54. The molecule has 1 aliphatic carbocycles. The van der Waals surface area contributed by atoms with Crippen molar-refractivity contribution in [3.8, 4) is 0 Å². The molecule has 1 aliphatic rings. The van der Waals surface area contributed by atoms with Crippen molar-refractivity contribution in [2.75, 3.05) is 0 Å². The molecule has 0 spiro atoms. The zero-order valence-electron chi connectivity index (χ0n) is 12.5.